The predicted octanol–water partition coefficient (Wildman–Crippen LogP) is 1.72. The Morgan fingerprint density at radius 3 is 3.17 bits per heavy atom. The maximum absolute atomic E-state index is 5.49. The van der Waals surface area contributed by atoms with Gasteiger partial charge >= 0.3 is 0 Å². The first kappa shape index (κ1) is 9.75. The highest BCUT2D eigenvalue weighted by atomic mass is 16.5. The number of rotatable bonds is 5. The lowest BCUT2D eigenvalue weighted by molar-refractivity contribution is 0.108. The van der Waals surface area contributed by atoms with E-state index in [0.29, 0.717) is 12.1 Å². The van der Waals surface area contributed by atoms with E-state index in [1.54, 1.807) is 0 Å². The molecule has 2 heteroatoms. The lowest BCUT2D eigenvalue weighted by Gasteiger charge is -2.15. The van der Waals surface area contributed by atoms with E-state index >= 15 is 0 Å². The minimum absolute atomic E-state index is 0.456. The highest BCUT2D eigenvalue weighted by Gasteiger charge is 2.15. The van der Waals surface area contributed by atoms with Crippen molar-refractivity contribution in [2.75, 3.05) is 13.2 Å². The third-order valence-electron chi connectivity index (χ3n) is 2.24. The summed E-state index contributed by atoms with van der Waals surface area (Å²) < 4.78 is 5.49. The van der Waals surface area contributed by atoms with Crippen LogP contribution in [0.3, 0.4) is 0 Å². The highest BCUT2D eigenvalue weighted by molar-refractivity contribution is 4.76. The molecule has 2 unspecified atom stereocenters. The van der Waals surface area contributed by atoms with Gasteiger partial charge in [0, 0.05) is 19.2 Å². The molecule has 0 spiro atoms. The van der Waals surface area contributed by atoms with Crippen LogP contribution in [0.5, 0.6) is 0 Å². The minimum atomic E-state index is 0.456. The van der Waals surface area contributed by atoms with Crippen LogP contribution in [0.2, 0.25) is 0 Å². The van der Waals surface area contributed by atoms with Crippen LogP contribution in [0.4, 0.5) is 0 Å². The van der Waals surface area contributed by atoms with Crippen LogP contribution < -0.4 is 5.32 Å². The molecule has 1 aliphatic heterocycles. The predicted molar refractivity (Wildman–Crippen MR) is 51.3 cm³/mol. The van der Waals surface area contributed by atoms with E-state index in [1.165, 1.54) is 12.8 Å². The first-order chi connectivity index (χ1) is 5.83. The molecule has 1 heterocycles. The third-order valence-corrected chi connectivity index (χ3v) is 2.24. The molecule has 1 fully saturated rings. The SMILES string of the molecule is C=CCC(C)NCC1CCCO1. The molecule has 1 aliphatic rings. The van der Waals surface area contributed by atoms with Crippen molar-refractivity contribution in [1.29, 1.82) is 0 Å². The first-order valence-electron chi connectivity index (χ1n) is 4.79. The average molecular weight is 169 g/mol. The zero-order valence-electron chi connectivity index (χ0n) is 7.88. The highest BCUT2D eigenvalue weighted by Crippen LogP contribution is 2.10. The molecule has 0 aromatic heterocycles. The van der Waals surface area contributed by atoms with Crippen molar-refractivity contribution in [1.82, 2.24) is 5.32 Å². The summed E-state index contributed by atoms with van der Waals surface area (Å²) in [5.41, 5.74) is 0. The molecule has 0 aromatic carbocycles. The van der Waals surface area contributed by atoms with Gasteiger partial charge in [0.25, 0.3) is 0 Å². The molecule has 1 N–H and O–H groups in total. The summed E-state index contributed by atoms with van der Waals surface area (Å²) in [4.78, 5) is 0. The van der Waals surface area contributed by atoms with Gasteiger partial charge in [-0.05, 0) is 26.2 Å². The molecule has 2 atom stereocenters. The number of hydrogen-bond acceptors (Lipinski definition) is 2. The van der Waals surface area contributed by atoms with Crippen molar-refractivity contribution >= 4 is 0 Å². The molecule has 1 saturated heterocycles. The number of nitrogens with one attached hydrogen (secondary N) is 1. The lowest BCUT2D eigenvalue weighted by Crippen LogP contribution is -2.33. The topological polar surface area (TPSA) is 21.3 Å². The molecule has 0 amide bonds. The van der Waals surface area contributed by atoms with Crippen molar-refractivity contribution in [3.63, 3.8) is 0 Å². The zero-order chi connectivity index (χ0) is 8.81. The molecule has 0 aromatic rings. The normalized spacial score (nSPS) is 25.6. The second kappa shape index (κ2) is 5.33. The van der Waals surface area contributed by atoms with Crippen LogP contribution in [0, 0.1) is 0 Å². The maximum Gasteiger partial charge on any atom is 0.0700 e. The molecular formula is C10H19NO. The minimum Gasteiger partial charge on any atom is -0.377 e. The van der Waals surface area contributed by atoms with Gasteiger partial charge in [0.05, 0.1) is 6.10 Å². The van der Waals surface area contributed by atoms with Gasteiger partial charge in [-0.2, -0.15) is 0 Å². The molecular weight excluding hydrogens is 150 g/mol. The van der Waals surface area contributed by atoms with Crippen molar-refractivity contribution in [3.8, 4) is 0 Å². The van der Waals surface area contributed by atoms with E-state index in [9.17, 15) is 0 Å². The molecule has 0 bridgehead atoms. The van der Waals surface area contributed by atoms with Crippen LogP contribution in [0.15, 0.2) is 12.7 Å². The maximum atomic E-state index is 5.49. The van der Waals surface area contributed by atoms with Crippen molar-refractivity contribution in [2.45, 2.75) is 38.3 Å². The third kappa shape index (κ3) is 3.37. The average Bonchev–Trinajstić information content (AvgIpc) is 2.53. The lowest BCUT2D eigenvalue weighted by atomic mass is 10.2. The summed E-state index contributed by atoms with van der Waals surface area (Å²) in [6.45, 7) is 7.83. The number of hydrogen-bond donors (Lipinski definition) is 1. The molecule has 1 rings (SSSR count). The zero-order valence-corrected chi connectivity index (χ0v) is 7.88. The summed E-state index contributed by atoms with van der Waals surface area (Å²) in [6.07, 6.45) is 5.88. The van der Waals surface area contributed by atoms with Gasteiger partial charge in [0.1, 0.15) is 0 Å². The summed E-state index contributed by atoms with van der Waals surface area (Å²) in [5.74, 6) is 0. The largest absolute Gasteiger partial charge is 0.377 e. The standard InChI is InChI=1S/C10H19NO/c1-3-5-9(2)11-8-10-6-4-7-12-10/h3,9-11H,1,4-8H2,2H3. The first-order valence-corrected chi connectivity index (χ1v) is 4.79. The van der Waals surface area contributed by atoms with E-state index in [2.05, 4.69) is 18.8 Å². The van der Waals surface area contributed by atoms with Gasteiger partial charge in [-0.3, -0.25) is 0 Å². The van der Waals surface area contributed by atoms with Gasteiger partial charge in [0.15, 0.2) is 0 Å². The summed E-state index contributed by atoms with van der Waals surface area (Å²) in [7, 11) is 0. The van der Waals surface area contributed by atoms with Crippen LogP contribution in [0.1, 0.15) is 26.2 Å². The van der Waals surface area contributed by atoms with Gasteiger partial charge in [-0.1, -0.05) is 6.08 Å². The molecule has 0 radical (unpaired) electrons. The van der Waals surface area contributed by atoms with E-state index in [1.807, 2.05) is 6.08 Å². The molecule has 70 valence electrons. The monoisotopic (exact) mass is 169 g/mol. The Hall–Kier alpha value is -0.340. The van der Waals surface area contributed by atoms with Crippen molar-refractivity contribution in [2.24, 2.45) is 0 Å². The smallest absolute Gasteiger partial charge is 0.0700 e. The van der Waals surface area contributed by atoms with Gasteiger partial charge in [0.2, 0.25) is 0 Å². The van der Waals surface area contributed by atoms with Gasteiger partial charge in [-0.15, -0.1) is 6.58 Å². The fourth-order valence-corrected chi connectivity index (χ4v) is 1.47. The Morgan fingerprint density at radius 2 is 2.58 bits per heavy atom. The number of ether oxygens (including phenoxy) is 1. The molecule has 0 saturated carbocycles. The van der Waals surface area contributed by atoms with E-state index in [0.717, 1.165) is 19.6 Å². The fraction of sp³-hybridized carbons (Fsp3) is 0.800. The van der Waals surface area contributed by atoms with Crippen LogP contribution in [-0.2, 0) is 4.74 Å². The second-order valence-electron chi connectivity index (χ2n) is 3.47. The van der Waals surface area contributed by atoms with Crippen LogP contribution >= 0.6 is 0 Å². The Kier molecular flexibility index (Phi) is 4.33. The van der Waals surface area contributed by atoms with Crippen molar-refractivity contribution in [3.05, 3.63) is 12.7 Å². The van der Waals surface area contributed by atoms with Crippen molar-refractivity contribution < 1.29 is 4.74 Å². The van der Waals surface area contributed by atoms with Crippen LogP contribution in [0.25, 0.3) is 0 Å². The van der Waals surface area contributed by atoms with Gasteiger partial charge in [-0.25, -0.2) is 0 Å². The Bertz CT molecular complexity index is 130. The molecule has 12 heavy (non-hydrogen) atoms. The van der Waals surface area contributed by atoms with Crippen LogP contribution in [-0.4, -0.2) is 25.3 Å². The summed E-state index contributed by atoms with van der Waals surface area (Å²) in [5, 5.41) is 3.43. The Balaban J connectivity index is 2.03. The van der Waals surface area contributed by atoms with E-state index in [4.69, 9.17) is 4.74 Å². The second-order valence-corrected chi connectivity index (χ2v) is 3.47. The van der Waals surface area contributed by atoms with E-state index < -0.39 is 0 Å². The molecule has 2 nitrogen and oxygen atoms in total. The quantitative estimate of drug-likeness (QED) is 0.633. The fourth-order valence-electron chi connectivity index (χ4n) is 1.47. The molecule has 0 aliphatic carbocycles. The Morgan fingerprint density at radius 1 is 1.75 bits per heavy atom. The Labute approximate surface area is 75.0 Å². The summed E-state index contributed by atoms with van der Waals surface area (Å²) in [6, 6.07) is 0.534. The van der Waals surface area contributed by atoms with Gasteiger partial charge < -0.3 is 10.1 Å². The van der Waals surface area contributed by atoms with E-state index in [-0.39, 0.29) is 0 Å². The summed E-state index contributed by atoms with van der Waals surface area (Å²) >= 11 is 0.